The van der Waals surface area contributed by atoms with Crippen molar-refractivity contribution in [3.8, 4) is 0 Å². The van der Waals surface area contributed by atoms with E-state index >= 15 is 0 Å². The Balaban J connectivity index is 1.76. The Bertz CT molecular complexity index is 1340. The number of aliphatic hydroxyl groups excluding tert-OH is 1. The molecule has 4 aromatic rings. The van der Waals surface area contributed by atoms with Crippen molar-refractivity contribution < 1.29 is 19.1 Å². The number of thiophene rings is 1. The number of aliphatic hydroxyl groups is 1. The Morgan fingerprint density at radius 1 is 0.903 bits per heavy atom. The average Bonchev–Trinajstić information content (AvgIpc) is 3.41. The fraction of sp³-hybridized carbons (Fsp3) is 0.0400. The first-order valence-electron chi connectivity index (χ1n) is 9.64. The lowest BCUT2D eigenvalue weighted by Gasteiger charge is -2.25. The lowest BCUT2D eigenvalue weighted by atomic mass is 9.99. The number of hydrogen-bond donors (Lipinski definition) is 1. The van der Waals surface area contributed by atoms with Crippen LogP contribution in [0.5, 0.6) is 0 Å². The highest BCUT2D eigenvalue weighted by Crippen LogP contribution is 2.45. The van der Waals surface area contributed by atoms with Crippen LogP contribution in [-0.2, 0) is 9.59 Å². The first-order chi connectivity index (χ1) is 15.1. The SMILES string of the molecule is O=C1C(=O)N(c2cccc3ccccc23)C(c2cccs2)/C1=C(/O)c1ccc(F)cc1. The number of hydrogen-bond acceptors (Lipinski definition) is 4. The van der Waals surface area contributed by atoms with Gasteiger partial charge in [-0.25, -0.2) is 4.39 Å². The molecule has 3 aromatic carbocycles. The summed E-state index contributed by atoms with van der Waals surface area (Å²) in [6.45, 7) is 0. The van der Waals surface area contributed by atoms with Crippen LogP contribution in [0.25, 0.3) is 16.5 Å². The molecule has 4 nitrogen and oxygen atoms in total. The van der Waals surface area contributed by atoms with Gasteiger partial charge in [-0.1, -0.05) is 42.5 Å². The molecule has 1 fully saturated rings. The van der Waals surface area contributed by atoms with Crippen LogP contribution >= 0.6 is 11.3 Å². The number of nitrogens with zero attached hydrogens (tertiary/aromatic N) is 1. The Hall–Kier alpha value is -3.77. The molecule has 0 spiro atoms. The van der Waals surface area contributed by atoms with Crippen molar-refractivity contribution in [2.45, 2.75) is 6.04 Å². The summed E-state index contributed by atoms with van der Waals surface area (Å²) < 4.78 is 13.4. The molecule has 1 aliphatic rings. The van der Waals surface area contributed by atoms with Gasteiger partial charge in [0.05, 0.1) is 11.3 Å². The molecule has 1 aromatic heterocycles. The standard InChI is InChI=1S/C25H16FNO3S/c26-17-12-10-16(11-13-17)23(28)21-22(20-9-4-14-31-20)27(25(30)24(21)29)19-8-3-6-15-5-1-2-7-18(15)19/h1-14,22,28H/b23-21-. The van der Waals surface area contributed by atoms with E-state index in [1.807, 2.05) is 53.9 Å². The number of halogens is 1. The molecule has 0 radical (unpaired) electrons. The van der Waals surface area contributed by atoms with E-state index in [1.165, 1.54) is 40.5 Å². The van der Waals surface area contributed by atoms with Crippen LogP contribution in [0.2, 0.25) is 0 Å². The van der Waals surface area contributed by atoms with E-state index in [4.69, 9.17) is 0 Å². The van der Waals surface area contributed by atoms with Gasteiger partial charge in [0, 0.05) is 15.8 Å². The highest BCUT2D eigenvalue weighted by molar-refractivity contribution is 7.10. The molecule has 152 valence electrons. The van der Waals surface area contributed by atoms with Crippen LogP contribution in [0.15, 0.2) is 89.8 Å². The van der Waals surface area contributed by atoms with Crippen LogP contribution in [0.3, 0.4) is 0 Å². The van der Waals surface area contributed by atoms with E-state index in [1.54, 1.807) is 6.07 Å². The molecular weight excluding hydrogens is 413 g/mol. The van der Waals surface area contributed by atoms with Gasteiger partial charge in [-0.3, -0.25) is 14.5 Å². The highest BCUT2D eigenvalue weighted by Gasteiger charge is 2.47. The van der Waals surface area contributed by atoms with Crippen molar-refractivity contribution in [1.82, 2.24) is 0 Å². The van der Waals surface area contributed by atoms with Gasteiger partial charge in [-0.2, -0.15) is 0 Å². The van der Waals surface area contributed by atoms with Crippen molar-refractivity contribution in [3.05, 3.63) is 106 Å². The van der Waals surface area contributed by atoms with E-state index in [2.05, 4.69) is 0 Å². The minimum absolute atomic E-state index is 0.00741. The molecule has 1 amide bonds. The van der Waals surface area contributed by atoms with Crippen molar-refractivity contribution in [1.29, 1.82) is 0 Å². The number of rotatable bonds is 3. The predicted octanol–water partition coefficient (Wildman–Crippen LogP) is 5.67. The maximum absolute atomic E-state index is 13.4. The van der Waals surface area contributed by atoms with E-state index in [0.29, 0.717) is 5.69 Å². The smallest absolute Gasteiger partial charge is 0.300 e. The van der Waals surface area contributed by atoms with Crippen LogP contribution < -0.4 is 4.90 Å². The molecule has 5 rings (SSSR count). The molecule has 1 unspecified atom stereocenters. The summed E-state index contributed by atoms with van der Waals surface area (Å²) in [5.41, 5.74) is 0.864. The number of Topliss-reactive ketones (excluding diaryl/α,β-unsaturated/α-hetero) is 1. The van der Waals surface area contributed by atoms with Crippen LogP contribution in [0, 0.1) is 5.82 Å². The molecule has 1 N–H and O–H groups in total. The van der Waals surface area contributed by atoms with E-state index in [0.717, 1.165) is 15.6 Å². The van der Waals surface area contributed by atoms with Crippen molar-refractivity contribution in [2.24, 2.45) is 0 Å². The van der Waals surface area contributed by atoms with Gasteiger partial charge < -0.3 is 5.11 Å². The maximum Gasteiger partial charge on any atom is 0.300 e. The molecule has 0 saturated carbocycles. The zero-order valence-corrected chi connectivity index (χ0v) is 17.0. The molecule has 2 heterocycles. The Morgan fingerprint density at radius 3 is 2.39 bits per heavy atom. The molecule has 0 bridgehead atoms. The second kappa shape index (κ2) is 7.49. The average molecular weight is 429 g/mol. The lowest BCUT2D eigenvalue weighted by Crippen LogP contribution is -2.29. The highest BCUT2D eigenvalue weighted by atomic mass is 32.1. The van der Waals surface area contributed by atoms with Gasteiger partial charge in [0.2, 0.25) is 0 Å². The number of anilines is 1. The van der Waals surface area contributed by atoms with Gasteiger partial charge in [0.1, 0.15) is 17.6 Å². The number of amides is 1. The first kappa shape index (κ1) is 19.2. The van der Waals surface area contributed by atoms with Gasteiger partial charge in [-0.05, 0) is 47.2 Å². The fourth-order valence-electron chi connectivity index (χ4n) is 3.98. The second-order valence-electron chi connectivity index (χ2n) is 7.19. The number of carbonyl (C=O) groups is 2. The third kappa shape index (κ3) is 3.12. The molecule has 1 atom stereocenters. The predicted molar refractivity (Wildman–Crippen MR) is 119 cm³/mol. The number of benzene rings is 3. The van der Waals surface area contributed by atoms with Crippen LogP contribution in [0.1, 0.15) is 16.5 Å². The largest absolute Gasteiger partial charge is 0.507 e. The van der Waals surface area contributed by atoms with Gasteiger partial charge in [-0.15, -0.1) is 11.3 Å². The topological polar surface area (TPSA) is 57.6 Å². The first-order valence-corrected chi connectivity index (χ1v) is 10.5. The number of ketones is 1. The maximum atomic E-state index is 13.4. The Morgan fingerprint density at radius 2 is 1.65 bits per heavy atom. The van der Waals surface area contributed by atoms with Crippen LogP contribution in [0.4, 0.5) is 10.1 Å². The Labute approximate surface area is 181 Å². The quantitative estimate of drug-likeness (QED) is 0.259. The summed E-state index contributed by atoms with van der Waals surface area (Å²) in [7, 11) is 0. The molecule has 6 heteroatoms. The van der Waals surface area contributed by atoms with Crippen LogP contribution in [-0.4, -0.2) is 16.8 Å². The molecule has 1 saturated heterocycles. The molecule has 31 heavy (non-hydrogen) atoms. The van der Waals surface area contributed by atoms with Crippen molar-refractivity contribution in [2.75, 3.05) is 4.90 Å². The lowest BCUT2D eigenvalue weighted by molar-refractivity contribution is -0.132. The summed E-state index contributed by atoms with van der Waals surface area (Å²) in [6, 6.07) is 21.3. The number of carbonyl (C=O) groups excluding carboxylic acids is 2. The summed E-state index contributed by atoms with van der Waals surface area (Å²) >= 11 is 1.40. The van der Waals surface area contributed by atoms with Gasteiger partial charge >= 0.3 is 0 Å². The normalized spacial score (nSPS) is 18.1. The second-order valence-corrected chi connectivity index (χ2v) is 8.17. The van der Waals surface area contributed by atoms with Crippen molar-refractivity contribution >= 4 is 45.2 Å². The Kier molecular flexibility index (Phi) is 4.64. The minimum Gasteiger partial charge on any atom is -0.507 e. The van der Waals surface area contributed by atoms with Gasteiger partial charge in [0.25, 0.3) is 11.7 Å². The van der Waals surface area contributed by atoms with E-state index in [9.17, 15) is 19.1 Å². The third-order valence-corrected chi connectivity index (χ3v) is 6.33. The summed E-state index contributed by atoms with van der Waals surface area (Å²) in [6.07, 6.45) is 0. The van der Waals surface area contributed by atoms with Gasteiger partial charge in [0.15, 0.2) is 0 Å². The monoisotopic (exact) mass is 429 g/mol. The molecular formula is C25H16FNO3S. The van der Waals surface area contributed by atoms with E-state index < -0.39 is 23.5 Å². The van der Waals surface area contributed by atoms with Crippen molar-refractivity contribution in [3.63, 3.8) is 0 Å². The minimum atomic E-state index is -0.782. The molecule has 1 aliphatic heterocycles. The molecule has 0 aliphatic carbocycles. The summed E-state index contributed by atoms with van der Waals surface area (Å²) in [5.74, 6) is -2.26. The number of fused-ring (bicyclic) bond motifs is 1. The van der Waals surface area contributed by atoms with E-state index in [-0.39, 0.29) is 16.9 Å². The summed E-state index contributed by atoms with van der Waals surface area (Å²) in [5, 5.41) is 14.6. The summed E-state index contributed by atoms with van der Waals surface area (Å²) in [4.78, 5) is 28.6. The zero-order chi connectivity index (χ0) is 21.5. The zero-order valence-electron chi connectivity index (χ0n) is 16.2. The fourth-order valence-corrected chi connectivity index (χ4v) is 4.80. The third-order valence-electron chi connectivity index (χ3n) is 5.40.